The summed E-state index contributed by atoms with van der Waals surface area (Å²) in [6.45, 7) is 0.426. The van der Waals surface area contributed by atoms with Crippen molar-refractivity contribution in [3.05, 3.63) is 75.8 Å². The number of amides is 2. The minimum absolute atomic E-state index is 0.121. The Labute approximate surface area is 150 Å². The number of nitrogens with one attached hydrogen (secondary N) is 2. The summed E-state index contributed by atoms with van der Waals surface area (Å²) >= 11 is 0. The summed E-state index contributed by atoms with van der Waals surface area (Å²) in [5.74, 6) is -1.02. The molecule has 8 nitrogen and oxygen atoms in total. The second-order valence-corrected chi connectivity index (χ2v) is 5.37. The topological polar surface area (TPSA) is 114 Å². The van der Waals surface area contributed by atoms with E-state index in [1.54, 1.807) is 6.07 Å². The molecule has 2 N–H and O–H groups in total. The highest BCUT2D eigenvalue weighted by Crippen LogP contribution is 2.14. The van der Waals surface area contributed by atoms with Gasteiger partial charge in [-0.2, -0.15) is 5.10 Å². The Morgan fingerprint density at radius 1 is 1.04 bits per heavy atom. The van der Waals surface area contributed by atoms with Crippen molar-refractivity contribution in [1.82, 2.24) is 10.7 Å². The van der Waals surface area contributed by atoms with Crippen molar-refractivity contribution in [1.29, 1.82) is 0 Å². The van der Waals surface area contributed by atoms with Gasteiger partial charge in [0.1, 0.15) is 6.42 Å². The fourth-order valence-electron chi connectivity index (χ4n) is 2.18. The Kier molecular flexibility index (Phi) is 6.99. The van der Waals surface area contributed by atoms with Crippen LogP contribution in [0.4, 0.5) is 5.69 Å². The molecule has 2 aromatic rings. The van der Waals surface area contributed by atoms with Crippen LogP contribution in [0.2, 0.25) is 0 Å². The number of rotatable bonds is 8. The van der Waals surface area contributed by atoms with E-state index in [-0.39, 0.29) is 17.7 Å². The van der Waals surface area contributed by atoms with Crippen LogP contribution in [-0.2, 0) is 16.0 Å². The molecule has 0 bridgehead atoms. The van der Waals surface area contributed by atoms with Crippen molar-refractivity contribution in [3.63, 3.8) is 0 Å². The van der Waals surface area contributed by atoms with Crippen molar-refractivity contribution < 1.29 is 14.5 Å². The van der Waals surface area contributed by atoms with Gasteiger partial charge in [0, 0.05) is 12.6 Å². The normalized spacial score (nSPS) is 10.5. The average Bonchev–Trinajstić information content (AvgIpc) is 2.63. The molecule has 0 radical (unpaired) electrons. The first-order valence-electron chi connectivity index (χ1n) is 7.92. The van der Waals surface area contributed by atoms with Crippen LogP contribution in [-0.4, -0.2) is 29.5 Å². The smallest absolute Gasteiger partial charge is 0.278 e. The molecule has 0 heterocycles. The summed E-state index contributed by atoms with van der Waals surface area (Å²) in [5, 5.41) is 17.2. The quantitative estimate of drug-likeness (QED) is 0.325. The molecule has 0 aliphatic rings. The van der Waals surface area contributed by atoms with E-state index < -0.39 is 16.7 Å². The van der Waals surface area contributed by atoms with Gasteiger partial charge in [-0.3, -0.25) is 19.7 Å². The van der Waals surface area contributed by atoms with E-state index in [2.05, 4.69) is 15.8 Å². The van der Waals surface area contributed by atoms with Gasteiger partial charge in [0.15, 0.2) is 0 Å². The number of benzene rings is 2. The minimum atomic E-state index is -0.600. The number of carbonyl (C=O) groups excluding carboxylic acids is 2. The Bertz CT molecular complexity index is 806. The Hall–Kier alpha value is -3.55. The van der Waals surface area contributed by atoms with E-state index >= 15 is 0 Å². The molecule has 134 valence electrons. The summed E-state index contributed by atoms with van der Waals surface area (Å²) < 4.78 is 0. The lowest BCUT2D eigenvalue weighted by Crippen LogP contribution is -2.31. The van der Waals surface area contributed by atoms with E-state index in [1.165, 1.54) is 24.4 Å². The lowest BCUT2D eigenvalue weighted by molar-refractivity contribution is -0.385. The van der Waals surface area contributed by atoms with Crippen LogP contribution in [0, 0.1) is 10.1 Å². The van der Waals surface area contributed by atoms with Gasteiger partial charge in [0.25, 0.3) is 5.69 Å². The fraction of sp³-hybridized carbons (Fsp3) is 0.167. The Balaban J connectivity index is 1.74. The van der Waals surface area contributed by atoms with Gasteiger partial charge in [0.05, 0.1) is 16.7 Å². The number of carbonyl (C=O) groups is 2. The molecule has 0 saturated carbocycles. The third kappa shape index (κ3) is 6.16. The number of para-hydroxylation sites is 1. The lowest BCUT2D eigenvalue weighted by Gasteiger charge is -2.04. The standard InChI is InChI=1S/C18H18N4O4/c23-17(19-11-10-14-6-2-1-3-7-14)12-18(24)21-20-13-15-8-4-5-9-16(15)22(25)26/h1-9,13H,10-12H2,(H,19,23)(H,21,24)/b20-13+. The first kappa shape index (κ1) is 18.8. The summed E-state index contributed by atoms with van der Waals surface area (Å²) in [5.41, 5.74) is 3.41. The second kappa shape index (κ2) is 9.67. The molecule has 0 saturated heterocycles. The van der Waals surface area contributed by atoms with Gasteiger partial charge < -0.3 is 5.32 Å². The molecular formula is C18H18N4O4. The fourth-order valence-corrected chi connectivity index (χ4v) is 2.18. The van der Waals surface area contributed by atoms with Crippen LogP contribution in [0.1, 0.15) is 17.5 Å². The maximum Gasteiger partial charge on any atom is 0.278 e. The van der Waals surface area contributed by atoms with Crippen LogP contribution in [0.15, 0.2) is 59.7 Å². The van der Waals surface area contributed by atoms with Crippen LogP contribution in [0.25, 0.3) is 0 Å². The summed E-state index contributed by atoms with van der Waals surface area (Å²) in [6, 6.07) is 15.7. The second-order valence-electron chi connectivity index (χ2n) is 5.37. The van der Waals surface area contributed by atoms with Crippen LogP contribution < -0.4 is 10.7 Å². The number of nitrogens with zero attached hydrogens (tertiary/aromatic N) is 2. The number of hydrogen-bond donors (Lipinski definition) is 2. The van der Waals surface area contributed by atoms with Crippen molar-refractivity contribution in [2.45, 2.75) is 12.8 Å². The SMILES string of the molecule is O=C(CC(=O)N/N=C/c1ccccc1[N+](=O)[O-])NCCc1ccccc1. The Morgan fingerprint density at radius 2 is 1.73 bits per heavy atom. The molecule has 8 heteroatoms. The summed E-state index contributed by atoms with van der Waals surface area (Å²) in [7, 11) is 0. The number of hydrazone groups is 1. The molecule has 2 rings (SSSR count). The van der Waals surface area contributed by atoms with Crippen molar-refractivity contribution in [2.75, 3.05) is 6.54 Å². The first-order valence-corrected chi connectivity index (χ1v) is 7.92. The zero-order chi connectivity index (χ0) is 18.8. The minimum Gasteiger partial charge on any atom is -0.355 e. The molecule has 26 heavy (non-hydrogen) atoms. The van der Waals surface area contributed by atoms with Gasteiger partial charge in [-0.15, -0.1) is 0 Å². The highest BCUT2D eigenvalue weighted by atomic mass is 16.6. The molecule has 0 unspecified atom stereocenters. The number of nitro groups is 1. The van der Waals surface area contributed by atoms with Crippen molar-refractivity contribution in [3.8, 4) is 0 Å². The molecule has 0 aromatic heterocycles. The van der Waals surface area contributed by atoms with Gasteiger partial charge >= 0.3 is 0 Å². The molecular weight excluding hydrogens is 336 g/mol. The van der Waals surface area contributed by atoms with Gasteiger partial charge in [-0.1, -0.05) is 42.5 Å². The predicted octanol–water partition coefficient (Wildman–Crippen LogP) is 1.79. The highest BCUT2D eigenvalue weighted by molar-refractivity contribution is 5.97. The lowest BCUT2D eigenvalue weighted by atomic mass is 10.1. The summed E-state index contributed by atoms with van der Waals surface area (Å²) in [4.78, 5) is 33.7. The predicted molar refractivity (Wildman–Crippen MR) is 96.6 cm³/mol. The van der Waals surface area contributed by atoms with Gasteiger partial charge in [0.2, 0.25) is 11.8 Å². The van der Waals surface area contributed by atoms with E-state index in [1.807, 2.05) is 30.3 Å². The van der Waals surface area contributed by atoms with Crippen molar-refractivity contribution in [2.24, 2.45) is 5.10 Å². The number of nitro benzene ring substituents is 1. The zero-order valence-corrected chi connectivity index (χ0v) is 13.9. The van der Waals surface area contributed by atoms with Gasteiger partial charge in [-0.25, -0.2) is 5.43 Å². The maximum absolute atomic E-state index is 11.7. The molecule has 0 aliphatic carbocycles. The first-order chi connectivity index (χ1) is 12.6. The van der Waals surface area contributed by atoms with E-state index in [0.717, 1.165) is 5.56 Å². The molecule has 0 spiro atoms. The van der Waals surface area contributed by atoms with E-state index in [4.69, 9.17) is 0 Å². The summed E-state index contributed by atoms with van der Waals surface area (Å²) in [6.07, 6.45) is 1.47. The van der Waals surface area contributed by atoms with Crippen LogP contribution in [0.3, 0.4) is 0 Å². The molecule has 0 atom stereocenters. The van der Waals surface area contributed by atoms with Crippen molar-refractivity contribution >= 4 is 23.7 Å². The van der Waals surface area contributed by atoms with Crippen LogP contribution in [0.5, 0.6) is 0 Å². The third-order valence-corrected chi connectivity index (χ3v) is 3.43. The Morgan fingerprint density at radius 3 is 2.46 bits per heavy atom. The van der Waals surface area contributed by atoms with Gasteiger partial charge in [-0.05, 0) is 18.1 Å². The van der Waals surface area contributed by atoms with E-state index in [9.17, 15) is 19.7 Å². The molecule has 2 amide bonds. The molecule has 0 aliphatic heterocycles. The number of hydrogen-bond acceptors (Lipinski definition) is 5. The molecule has 2 aromatic carbocycles. The monoisotopic (exact) mass is 354 g/mol. The van der Waals surface area contributed by atoms with E-state index in [0.29, 0.717) is 13.0 Å². The largest absolute Gasteiger partial charge is 0.355 e. The zero-order valence-electron chi connectivity index (χ0n) is 13.9. The molecule has 0 fully saturated rings. The van der Waals surface area contributed by atoms with Crippen LogP contribution >= 0.6 is 0 Å². The highest BCUT2D eigenvalue weighted by Gasteiger charge is 2.11. The third-order valence-electron chi connectivity index (χ3n) is 3.43. The average molecular weight is 354 g/mol. The maximum atomic E-state index is 11.7.